The first kappa shape index (κ1) is 29.0. The molecule has 0 atom stereocenters. The van der Waals surface area contributed by atoms with Crippen LogP contribution in [0.4, 0.5) is 0 Å². The highest BCUT2D eigenvalue weighted by atomic mass is 32.2. The van der Waals surface area contributed by atoms with Crippen LogP contribution < -0.4 is 20.1 Å². The second-order valence-corrected chi connectivity index (χ2v) is 10.9. The summed E-state index contributed by atoms with van der Waals surface area (Å²) in [6.07, 6.45) is 0.821. The van der Waals surface area contributed by atoms with Crippen molar-refractivity contribution in [3.05, 3.63) is 90.0 Å². The molecule has 0 unspecified atom stereocenters. The van der Waals surface area contributed by atoms with E-state index in [9.17, 15) is 0 Å². The normalized spacial score (nSPS) is 10.5. The Balaban J connectivity index is 0.00000222. The Hall–Kier alpha value is -3.22. The van der Waals surface area contributed by atoms with Crippen LogP contribution in [0.25, 0.3) is 16.8 Å². The molecule has 192 valence electrons. The molecule has 0 saturated carbocycles. The summed E-state index contributed by atoms with van der Waals surface area (Å²) in [5.74, 6) is 9.65. The molecule has 0 fully saturated rings. The van der Waals surface area contributed by atoms with Crippen LogP contribution in [0.1, 0.15) is 30.5 Å². The van der Waals surface area contributed by atoms with Crippen molar-refractivity contribution in [2.45, 2.75) is 32.1 Å². The van der Waals surface area contributed by atoms with Gasteiger partial charge in [-0.1, -0.05) is 86.3 Å². The zero-order chi connectivity index (χ0) is 26.7. The maximum Gasteiger partial charge on any atom is 0.175 e. The number of rotatable bonds is 9. The lowest BCUT2D eigenvalue weighted by molar-refractivity contribution is 0.413. The molecule has 3 aromatic carbocycles. The average Bonchev–Trinajstić information content (AvgIpc) is 2.90. The van der Waals surface area contributed by atoms with Crippen molar-refractivity contribution in [1.29, 1.82) is 0 Å². The Morgan fingerprint density at radius 3 is 2.33 bits per heavy atom. The molecule has 0 radical (unpaired) electrons. The zero-order valence-electron chi connectivity index (χ0n) is 22.1. The van der Waals surface area contributed by atoms with Crippen molar-refractivity contribution < 1.29 is 4.74 Å². The summed E-state index contributed by atoms with van der Waals surface area (Å²) in [5.41, 5.74) is 6.41. The van der Waals surface area contributed by atoms with Crippen molar-refractivity contribution in [3.8, 4) is 16.9 Å². The minimum atomic E-state index is -1.88. The molecule has 3 N–H and O–H groups in total. The highest BCUT2D eigenvalue weighted by Gasteiger charge is 2.13. The van der Waals surface area contributed by atoms with Crippen molar-refractivity contribution in [1.82, 2.24) is 15.4 Å². The van der Waals surface area contributed by atoms with E-state index in [2.05, 4.69) is 77.0 Å². The highest BCUT2D eigenvalue weighted by molar-refractivity contribution is 8.27. The monoisotopic (exact) mass is 521 g/mol. The molecule has 0 aliphatic heterocycles. The van der Waals surface area contributed by atoms with Gasteiger partial charge in [0.15, 0.2) is 5.11 Å². The molecule has 4 nitrogen and oxygen atoms in total. The predicted octanol–water partition coefficient (Wildman–Crippen LogP) is 6.54. The minimum absolute atomic E-state index is 0.537. The number of hydrogen-bond donors (Lipinski definition) is 3. The van der Waals surface area contributed by atoms with Crippen molar-refractivity contribution in [2.24, 2.45) is 0 Å². The molecule has 0 saturated heterocycles. The van der Waals surface area contributed by atoms with E-state index in [1.807, 2.05) is 44.2 Å². The molecular weight excluding hydrogens is 482 g/mol. The van der Waals surface area contributed by atoms with E-state index in [0.717, 1.165) is 51.6 Å². The van der Waals surface area contributed by atoms with Gasteiger partial charge >= 0.3 is 0 Å². The Morgan fingerprint density at radius 2 is 1.69 bits per heavy atom. The van der Waals surface area contributed by atoms with Crippen LogP contribution in [-0.4, -0.2) is 37.6 Å². The Labute approximate surface area is 223 Å². The maximum absolute atomic E-state index is 5.50. The molecule has 6 heteroatoms. The van der Waals surface area contributed by atoms with E-state index in [0.29, 0.717) is 5.11 Å². The van der Waals surface area contributed by atoms with Gasteiger partial charge in [-0.2, -0.15) is 0 Å². The van der Waals surface area contributed by atoms with Gasteiger partial charge in [0.05, 0.1) is 7.11 Å². The molecule has 3 rings (SSSR count). The molecule has 0 aliphatic carbocycles. The number of benzene rings is 3. The third-order valence-electron chi connectivity index (χ3n) is 5.50. The molecule has 0 aliphatic rings. The van der Waals surface area contributed by atoms with Gasteiger partial charge in [-0.3, -0.25) is 0 Å². The molecule has 0 bridgehead atoms. The standard InChI is InChI=1S/C28H33N3OS2.C2H6/c1-20-12-15-26(32-4)25(18-20)21(2)30-17-16-22-13-14-24(23-10-8-7-9-11-23)27(19-22)34(5,6)31-28(33)29-3;1-2/h7-15,18-19,30H,2,5-6,16-17H2,1,3-4H3,(H2,29,31,33);1-2H3. The second-order valence-electron chi connectivity index (χ2n) is 8.12. The third-order valence-corrected chi connectivity index (χ3v) is 7.71. The summed E-state index contributed by atoms with van der Waals surface area (Å²) in [7, 11) is 1.59. The summed E-state index contributed by atoms with van der Waals surface area (Å²) in [6, 6.07) is 22.9. The molecule has 0 heterocycles. The van der Waals surface area contributed by atoms with Gasteiger partial charge < -0.3 is 20.1 Å². The first-order chi connectivity index (χ1) is 17.2. The average molecular weight is 522 g/mol. The van der Waals surface area contributed by atoms with Crippen LogP contribution in [0.2, 0.25) is 0 Å². The highest BCUT2D eigenvalue weighted by Crippen LogP contribution is 2.38. The van der Waals surface area contributed by atoms with Gasteiger partial charge in [-0.25, -0.2) is 0 Å². The fourth-order valence-electron chi connectivity index (χ4n) is 3.70. The van der Waals surface area contributed by atoms with E-state index < -0.39 is 9.39 Å². The Bertz CT molecular complexity index is 1280. The third kappa shape index (κ3) is 7.64. The van der Waals surface area contributed by atoms with Crippen LogP contribution in [0, 0.1) is 6.92 Å². The van der Waals surface area contributed by atoms with E-state index >= 15 is 0 Å². The topological polar surface area (TPSA) is 45.3 Å². The van der Waals surface area contributed by atoms with Crippen molar-refractivity contribution in [2.75, 3.05) is 20.7 Å². The van der Waals surface area contributed by atoms with Crippen LogP contribution in [0.15, 0.2) is 78.2 Å². The maximum atomic E-state index is 5.50. The summed E-state index contributed by atoms with van der Waals surface area (Å²) in [6.45, 7) is 11.0. The molecule has 0 spiro atoms. The molecule has 0 aromatic heterocycles. The van der Waals surface area contributed by atoms with E-state index in [4.69, 9.17) is 17.0 Å². The number of ether oxygens (including phenoxy) is 1. The summed E-state index contributed by atoms with van der Waals surface area (Å²) >= 11 is 5.36. The summed E-state index contributed by atoms with van der Waals surface area (Å²) in [4.78, 5) is 1.06. The molecule has 0 amide bonds. The van der Waals surface area contributed by atoms with Crippen LogP contribution in [-0.2, 0) is 6.42 Å². The van der Waals surface area contributed by atoms with Crippen molar-refractivity contribution in [3.63, 3.8) is 0 Å². The lowest BCUT2D eigenvalue weighted by Gasteiger charge is -2.23. The van der Waals surface area contributed by atoms with Crippen LogP contribution in [0.5, 0.6) is 5.75 Å². The van der Waals surface area contributed by atoms with Gasteiger partial charge in [0.1, 0.15) is 5.75 Å². The van der Waals surface area contributed by atoms with Gasteiger partial charge in [0, 0.05) is 29.7 Å². The van der Waals surface area contributed by atoms with Gasteiger partial charge in [-0.15, -0.1) is 9.39 Å². The van der Waals surface area contributed by atoms with E-state index in [1.165, 1.54) is 5.56 Å². The Morgan fingerprint density at radius 1 is 1.00 bits per heavy atom. The number of aryl methyl sites for hydroxylation is 1. The number of nitrogens with one attached hydrogen (secondary N) is 3. The van der Waals surface area contributed by atoms with Crippen LogP contribution in [0.3, 0.4) is 0 Å². The lowest BCUT2D eigenvalue weighted by Crippen LogP contribution is -2.30. The fraction of sp³-hybridized carbons (Fsp3) is 0.233. The van der Waals surface area contributed by atoms with Crippen LogP contribution >= 0.6 is 21.6 Å². The number of thiocarbonyl (C=S) groups is 1. The zero-order valence-corrected chi connectivity index (χ0v) is 23.7. The molecule has 3 aromatic rings. The Kier molecular flexibility index (Phi) is 11.1. The largest absolute Gasteiger partial charge is 0.496 e. The SMILES string of the molecule is C=C(NCCc1ccc(-c2ccccc2)c(S(=C)(=C)NC(=S)NC)c1)c1cc(C)ccc1OC.CC. The second kappa shape index (κ2) is 13.8. The number of hydrogen-bond acceptors (Lipinski definition) is 3. The lowest BCUT2D eigenvalue weighted by atomic mass is 10.0. The van der Waals surface area contributed by atoms with Gasteiger partial charge in [0.2, 0.25) is 0 Å². The quantitative estimate of drug-likeness (QED) is 0.279. The molecule has 36 heavy (non-hydrogen) atoms. The van der Waals surface area contributed by atoms with Crippen molar-refractivity contribution >= 4 is 44.2 Å². The summed E-state index contributed by atoms with van der Waals surface area (Å²) < 4.78 is 8.81. The minimum Gasteiger partial charge on any atom is -0.496 e. The van der Waals surface area contributed by atoms with Gasteiger partial charge in [0.25, 0.3) is 0 Å². The van der Waals surface area contributed by atoms with Gasteiger partial charge in [-0.05, 0) is 60.5 Å². The first-order valence-corrected chi connectivity index (χ1v) is 14.4. The van der Waals surface area contributed by atoms with E-state index in [1.54, 1.807) is 14.2 Å². The van der Waals surface area contributed by atoms with E-state index in [-0.39, 0.29) is 0 Å². The smallest absolute Gasteiger partial charge is 0.175 e. The predicted molar refractivity (Wildman–Crippen MR) is 167 cm³/mol. The fourth-order valence-corrected chi connectivity index (χ4v) is 5.73. The molecular formula is C30H39N3OS2. The summed E-state index contributed by atoms with van der Waals surface area (Å²) in [5, 5.41) is 6.96. The first-order valence-electron chi connectivity index (χ1n) is 12.0. The number of methoxy groups -OCH3 is 1.